The fraction of sp³-hybridized carbons (Fsp3) is 0.111. The number of para-hydroxylation sites is 1. The fourth-order valence-corrected chi connectivity index (χ4v) is 2.63. The van der Waals surface area contributed by atoms with E-state index in [1.165, 1.54) is 25.4 Å². The molecule has 0 radical (unpaired) electrons. The molecule has 114 valence electrons. The highest BCUT2D eigenvalue weighted by molar-refractivity contribution is 5.86. The topological polar surface area (TPSA) is 55.0 Å². The van der Waals surface area contributed by atoms with Crippen LogP contribution in [0.25, 0.3) is 10.9 Å². The molecule has 0 aliphatic rings. The number of nitrogens with zero attached hydrogens (tertiary/aromatic N) is 2. The van der Waals surface area contributed by atoms with Gasteiger partial charge in [0.15, 0.2) is 0 Å². The molecule has 0 atom stereocenters. The van der Waals surface area contributed by atoms with Crippen LogP contribution in [0.4, 0.5) is 4.39 Å². The van der Waals surface area contributed by atoms with Gasteiger partial charge in [0.2, 0.25) is 5.43 Å². The third kappa shape index (κ3) is 2.67. The summed E-state index contributed by atoms with van der Waals surface area (Å²) in [6, 6.07) is 13.2. The average Bonchev–Trinajstić information content (AvgIpc) is 2.56. The maximum absolute atomic E-state index is 13.4. The molecule has 0 saturated heterocycles. The third-order valence-corrected chi connectivity index (χ3v) is 3.64. The van der Waals surface area contributed by atoms with E-state index in [1.807, 2.05) is 6.07 Å². The van der Waals surface area contributed by atoms with Gasteiger partial charge in [0.1, 0.15) is 23.2 Å². The molecule has 0 spiro atoms. The van der Waals surface area contributed by atoms with E-state index in [2.05, 4.69) is 0 Å². The van der Waals surface area contributed by atoms with Crippen LogP contribution < -0.4 is 10.2 Å². The second-order valence-corrected chi connectivity index (χ2v) is 5.10. The van der Waals surface area contributed by atoms with Crippen molar-refractivity contribution >= 4 is 10.9 Å². The molecule has 23 heavy (non-hydrogen) atoms. The molecule has 0 aliphatic heterocycles. The highest BCUT2D eigenvalue weighted by atomic mass is 19.1. The van der Waals surface area contributed by atoms with Crippen LogP contribution in [0.1, 0.15) is 11.1 Å². The number of nitriles is 1. The lowest BCUT2D eigenvalue weighted by Crippen LogP contribution is -2.14. The molecule has 3 rings (SSSR count). The van der Waals surface area contributed by atoms with Gasteiger partial charge in [-0.1, -0.05) is 18.2 Å². The van der Waals surface area contributed by atoms with E-state index in [9.17, 15) is 14.4 Å². The summed E-state index contributed by atoms with van der Waals surface area (Å²) in [7, 11) is 1.52. The summed E-state index contributed by atoms with van der Waals surface area (Å²) in [6.45, 7) is 0.323. The number of halogens is 1. The van der Waals surface area contributed by atoms with Gasteiger partial charge in [-0.3, -0.25) is 4.79 Å². The van der Waals surface area contributed by atoms with Crippen LogP contribution in [0.3, 0.4) is 0 Å². The minimum Gasteiger partial charge on any atom is -0.495 e. The first-order valence-corrected chi connectivity index (χ1v) is 6.98. The number of benzene rings is 2. The van der Waals surface area contributed by atoms with Crippen LogP contribution in [0.2, 0.25) is 0 Å². The maximum atomic E-state index is 13.4. The van der Waals surface area contributed by atoms with Gasteiger partial charge in [0, 0.05) is 12.7 Å². The molecule has 0 bridgehead atoms. The average molecular weight is 308 g/mol. The number of methoxy groups -OCH3 is 1. The number of aromatic nitrogens is 1. The number of hydrogen-bond acceptors (Lipinski definition) is 3. The van der Waals surface area contributed by atoms with E-state index >= 15 is 0 Å². The molecule has 0 aliphatic carbocycles. The lowest BCUT2D eigenvalue weighted by atomic mass is 10.1. The van der Waals surface area contributed by atoms with Gasteiger partial charge < -0.3 is 9.30 Å². The Labute approximate surface area is 132 Å². The zero-order valence-electron chi connectivity index (χ0n) is 12.4. The van der Waals surface area contributed by atoms with Crippen LogP contribution in [0.15, 0.2) is 53.5 Å². The summed E-state index contributed by atoms with van der Waals surface area (Å²) in [5.74, 6) is 0.195. The molecule has 4 nitrogen and oxygen atoms in total. The highest BCUT2D eigenvalue weighted by Gasteiger charge is 2.13. The van der Waals surface area contributed by atoms with Crippen molar-refractivity contribution in [3.63, 3.8) is 0 Å². The first-order chi connectivity index (χ1) is 11.1. The predicted octanol–water partition coefficient (Wildman–Crippen LogP) is 3.07. The largest absolute Gasteiger partial charge is 0.495 e. The molecule has 0 saturated carbocycles. The van der Waals surface area contributed by atoms with Gasteiger partial charge in [-0.05, 0) is 29.8 Å². The zero-order chi connectivity index (χ0) is 16.4. The second-order valence-electron chi connectivity index (χ2n) is 5.10. The summed E-state index contributed by atoms with van der Waals surface area (Å²) in [4.78, 5) is 12.3. The smallest absolute Gasteiger partial charge is 0.207 e. The molecular formula is C18H13FN2O2. The fourth-order valence-electron chi connectivity index (χ4n) is 2.63. The first kappa shape index (κ1) is 14.8. The Bertz CT molecular complexity index is 986. The van der Waals surface area contributed by atoms with Crippen molar-refractivity contribution in [2.45, 2.75) is 6.54 Å². The van der Waals surface area contributed by atoms with E-state index in [0.29, 0.717) is 23.2 Å². The molecule has 0 fully saturated rings. The monoisotopic (exact) mass is 308 g/mol. The Morgan fingerprint density at radius 2 is 2.04 bits per heavy atom. The number of ether oxygens (including phenoxy) is 1. The van der Waals surface area contributed by atoms with Crippen LogP contribution in [0.5, 0.6) is 5.75 Å². The first-order valence-electron chi connectivity index (χ1n) is 6.98. The lowest BCUT2D eigenvalue weighted by Gasteiger charge is -2.14. The molecule has 1 aromatic heterocycles. The van der Waals surface area contributed by atoms with Gasteiger partial charge >= 0.3 is 0 Å². The van der Waals surface area contributed by atoms with Gasteiger partial charge in [-0.2, -0.15) is 5.26 Å². The normalized spacial score (nSPS) is 10.5. The van der Waals surface area contributed by atoms with Crippen molar-refractivity contribution in [1.82, 2.24) is 4.57 Å². The van der Waals surface area contributed by atoms with Crippen molar-refractivity contribution in [3.05, 3.63) is 75.8 Å². The second kappa shape index (κ2) is 5.93. The quantitative estimate of drug-likeness (QED) is 0.747. The molecule has 0 amide bonds. The van der Waals surface area contributed by atoms with Crippen LogP contribution in [-0.4, -0.2) is 11.7 Å². The van der Waals surface area contributed by atoms with Crippen LogP contribution in [0, 0.1) is 17.1 Å². The van der Waals surface area contributed by atoms with E-state index in [1.54, 1.807) is 34.9 Å². The van der Waals surface area contributed by atoms with E-state index in [0.717, 1.165) is 5.56 Å². The minimum atomic E-state index is -0.336. The Hall–Kier alpha value is -3.13. The SMILES string of the molecule is COc1cccc2c(=O)c(C#N)cn(Cc3cccc(F)c3)c12. The maximum Gasteiger partial charge on any atom is 0.207 e. The van der Waals surface area contributed by atoms with E-state index in [-0.39, 0.29) is 16.8 Å². The van der Waals surface area contributed by atoms with Crippen molar-refractivity contribution in [2.24, 2.45) is 0 Å². The highest BCUT2D eigenvalue weighted by Crippen LogP contribution is 2.24. The Morgan fingerprint density at radius 1 is 1.26 bits per heavy atom. The number of fused-ring (bicyclic) bond motifs is 1. The van der Waals surface area contributed by atoms with Crippen molar-refractivity contribution < 1.29 is 9.13 Å². The number of hydrogen-bond donors (Lipinski definition) is 0. The molecule has 2 aromatic carbocycles. The molecule has 0 unspecified atom stereocenters. The zero-order valence-corrected chi connectivity index (χ0v) is 12.4. The molecular weight excluding hydrogens is 295 g/mol. The Morgan fingerprint density at radius 3 is 2.74 bits per heavy atom. The predicted molar refractivity (Wildman–Crippen MR) is 85.0 cm³/mol. The molecule has 5 heteroatoms. The lowest BCUT2D eigenvalue weighted by molar-refractivity contribution is 0.417. The summed E-state index contributed by atoms with van der Waals surface area (Å²) in [5.41, 5.74) is 1.02. The summed E-state index contributed by atoms with van der Waals surface area (Å²) >= 11 is 0. The van der Waals surface area contributed by atoms with Gasteiger partial charge in [-0.25, -0.2) is 4.39 Å². The summed E-state index contributed by atoms with van der Waals surface area (Å²) in [6.07, 6.45) is 1.48. The van der Waals surface area contributed by atoms with Gasteiger partial charge in [0.05, 0.1) is 18.0 Å². The van der Waals surface area contributed by atoms with Gasteiger partial charge in [0.25, 0.3) is 0 Å². The Balaban J connectivity index is 2.28. The molecule has 0 N–H and O–H groups in total. The summed E-state index contributed by atoms with van der Waals surface area (Å²) in [5, 5.41) is 9.59. The molecule has 3 aromatic rings. The van der Waals surface area contributed by atoms with Crippen LogP contribution in [-0.2, 0) is 6.54 Å². The van der Waals surface area contributed by atoms with Crippen molar-refractivity contribution in [3.8, 4) is 11.8 Å². The third-order valence-electron chi connectivity index (χ3n) is 3.64. The van der Waals surface area contributed by atoms with E-state index in [4.69, 9.17) is 4.74 Å². The van der Waals surface area contributed by atoms with Crippen LogP contribution >= 0.6 is 0 Å². The summed E-state index contributed by atoms with van der Waals surface area (Å²) < 4.78 is 20.5. The number of rotatable bonds is 3. The van der Waals surface area contributed by atoms with Crippen molar-refractivity contribution in [1.29, 1.82) is 5.26 Å². The van der Waals surface area contributed by atoms with Gasteiger partial charge in [-0.15, -0.1) is 0 Å². The van der Waals surface area contributed by atoms with E-state index < -0.39 is 0 Å². The minimum absolute atomic E-state index is 0.0437. The standard InChI is InChI=1S/C18H13FN2O2/c1-23-16-7-3-6-15-17(16)21(11-13(9-20)18(15)22)10-12-4-2-5-14(19)8-12/h2-8,11H,10H2,1H3. The molecule has 1 heterocycles. The Kier molecular flexibility index (Phi) is 3.82. The number of pyridine rings is 1. The van der Waals surface area contributed by atoms with Crippen molar-refractivity contribution in [2.75, 3.05) is 7.11 Å².